The van der Waals surface area contributed by atoms with Gasteiger partial charge in [0.15, 0.2) is 0 Å². The number of hydrogen-bond acceptors (Lipinski definition) is 3. The van der Waals surface area contributed by atoms with E-state index in [1.807, 2.05) is 0 Å². The molecule has 1 aliphatic rings. The van der Waals surface area contributed by atoms with E-state index < -0.39 is 16.4 Å². The smallest absolute Gasteiger partial charge is 0.304 e. The molecule has 0 spiro atoms. The van der Waals surface area contributed by atoms with Crippen molar-refractivity contribution < 1.29 is 14.1 Å². The molecule has 0 heterocycles. The molecule has 1 saturated carbocycles. The summed E-state index contributed by atoms with van der Waals surface area (Å²) in [7, 11) is 0. The first-order valence-corrected chi connectivity index (χ1v) is 6.72. The maximum absolute atomic E-state index is 13.5. The number of amides is 1. The fourth-order valence-electron chi connectivity index (χ4n) is 2.47. The average molecular weight is 280 g/mol. The van der Waals surface area contributed by atoms with Gasteiger partial charge < -0.3 is 5.32 Å². The van der Waals surface area contributed by atoms with E-state index in [-0.39, 0.29) is 17.5 Å². The maximum Gasteiger partial charge on any atom is 0.304 e. The van der Waals surface area contributed by atoms with Gasteiger partial charge in [-0.3, -0.25) is 14.9 Å². The van der Waals surface area contributed by atoms with Crippen molar-refractivity contribution in [2.45, 2.75) is 38.6 Å². The first-order valence-electron chi connectivity index (χ1n) is 6.72. The van der Waals surface area contributed by atoms with E-state index in [9.17, 15) is 19.3 Å². The second-order valence-electron chi connectivity index (χ2n) is 5.35. The normalized spacial score (nSPS) is 22.3. The molecule has 108 valence electrons. The number of carbonyl (C=O) groups excluding carboxylic acids is 1. The van der Waals surface area contributed by atoms with Gasteiger partial charge in [-0.15, -0.1) is 0 Å². The van der Waals surface area contributed by atoms with Crippen LogP contribution in [-0.4, -0.2) is 16.9 Å². The summed E-state index contributed by atoms with van der Waals surface area (Å²) >= 11 is 0. The molecule has 0 aliphatic heterocycles. The van der Waals surface area contributed by atoms with Crippen LogP contribution in [0, 0.1) is 21.8 Å². The summed E-state index contributed by atoms with van der Waals surface area (Å²) in [6.45, 7) is 2.18. The molecule has 2 rings (SSSR count). The SMILES string of the molecule is CC1CCC(NC(=O)c2ccc([N+](=O)[O-])c(F)c2)CC1. The standard InChI is InChI=1S/C14H17FN2O3/c1-9-2-5-11(6-3-9)16-14(18)10-4-7-13(17(19)20)12(15)8-10/h4,7-9,11H,2-3,5-6H2,1H3,(H,16,18). The van der Waals surface area contributed by atoms with E-state index in [1.54, 1.807) is 0 Å². The van der Waals surface area contributed by atoms with Gasteiger partial charge in [0.2, 0.25) is 5.82 Å². The van der Waals surface area contributed by atoms with Crippen LogP contribution in [0.5, 0.6) is 0 Å². The number of nitro benzene ring substituents is 1. The van der Waals surface area contributed by atoms with E-state index in [4.69, 9.17) is 0 Å². The summed E-state index contributed by atoms with van der Waals surface area (Å²) in [5, 5.41) is 13.4. The Morgan fingerprint density at radius 3 is 2.55 bits per heavy atom. The van der Waals surface area contributed by atoms with Crippen molar-refractivity contribution in [1.29, 1.82) is 0 Å². The number of halogens is 1. The lowest BCUT2D eigenvalue weighted by Crippen LogP contribution is -2.37. The summed E-state index contributed by atoms with van der Waals surface area (Å²) in [5.41, 5.74) is -0.500. The Kier molecular flexibility index (Phi) is 4.32. The predicted octanol–water partition coefficient (Wildman–Crippen LogP) is 3.04. The quantitative estimate of drug-likeness (QED) is 0.683. The highest BCUT2D eigenvalue weighted by Gasteiger charge is 2.22. The summed E-state index contributed by atoms with van der Waals surface area (Å²) < 4.78 is 13.5. The molecule has 1 aromatic rings. The molecule has 1 aliphatic carbocycles. The van der Waals surface area contributed by atoms with Crippen LogP contribution >= 0.6 is 0 Å². The van der Waals surface area contributed by atoms with Crippen molar-refractivity contribution in [3.63, 3.8) is 0 Å². The number of nitrogens with zero attached hydrogens (tertiary/aromatic N) is 1. The van der Waals surface area contributed by atoms with Gasteiger partial charge in [-0.2, -0.15) is 4.39 Å². The summed E-state index contributed by atoms with van der Waals surface area (Å²) in [6.07, 6.45) is 3.98. The summed E-state index contributed by atoms with van der Waals surface area (Å²) in [4.78, 5) is 21.7. The van der Waals surface area contributed by atoms with E-state index >= 15 is 0 Å². The van der Waals surface area contributed by atoms with Crippen LogP contribution in [0.4, 0.5) is 10.1 Å². The fraction of sp³-hybridized carbons (Fsp3) is 0.500. The average Bonchev–Trinajstić information content (AvgIpc) is 2.40. The van der Waals surface area contributed by atoms with Gasteiger partial charge in [0.25, 0.3) is 5.91 Å². The van der Waals surface area contributed by atoms with E-state index in [0.29, 0.717) is 5.92 Å². The molecular formula is C14H17FN2O3. The maximum atomic E-state index is 13.5. The van der Waals surface area contributed by atoms with Crippen molar-refractivity contribution in [2.24, 2.45) is 5.92 Å². The van der Waals surface area contributed by atoms with Crippen molar-refractivity contribution in [2.75, 3.05) is 0 Å². The summed E-state index contributed by atoms with van der Waals surface area (Å²) in [6, 6.07) is 3.32. The molecule has 0 unspecified atom stereocenters. The Bertz CT molecular complexity index is 525. The zero-order valence-electron chi connectivity index (χ0n) is 11.3. The fourth-order valence-corrected chi connectivity index (χ4v) is 2.47. The Morgan fingerprint density at radius 2 is 2.00 bits per heavy atom. The van der Waals surface area contributed by atoms with Crippen LogP contribution in [0.2, 0.25) is 0 Å². The van der Waals surface area contributed by atoms with Gasteiger partial charge in [0, 0.05) is 17.7 Å². The van der Waals surface area contributed by atoms with E-state index in [1.165, 1.54) is 6.07 Å². The van der Waals surface area contributed by atoms with Crippen molar-refractivity contribution in [1.82, 2.24) is 5.32 Å². The molecular weight excluding hydrogens is 263 g/mol. The van der Waals surface area contributed by atoms with Gasteiger partial charge in [0.05, 0.1) is 4.92 Å². The Morgan fingerprint density at radius 1 is 1.35 bits per heavy atom. The topological polar surface area (TPSA) is 72.2 Å². The lowest BCUT2D eigenvalue weighted by atomic mass is 9.87. The number of carbonyl (C=O) groups is 1. The van der Waals surface area contributed by atoms with Gasteiger partial charge in [-0.05, 0) is 43.7 Å². The first kappa shape index (κ1) is 14.4. The highest BCUT2D eigenvalue weighted by atomic mass is 19.1. The van der Waals surface area contributed by atoms with Crippen LogP contribution < -0.4 is 5.32 Å². The second-order valence-corrected chi connectivity index (χ2v) is 5.35. The molecule has 5 nitrogen and oxygen atoms in total. The molecule has 1 N–H and O–H groups in total. The Balaban J connectivity index is 2.02. The Hall–Kier alpha value is -1.98. The molecule has 20 heavy (non-hydrogen) atoms. The zero-order chi connectivity index (χ0) is 14.7. The molecule has 0 atom stereocenters. The third-order valence-corrected chi connectivity index (χ3v) is 3.76. The number of nitro groups is 1. The minimum atomic E-state index is -0.986. The van der Waals surface area contributed by atoms with Crippen LogP contribution in [0.25, 0.3) is 0 Å². The van der Waals surface area contributed by atoms with Gasteiger partial charge >= 0.3 is 5.69 Å². The lowest BCUT2D eigenvalue weighted by Gasteiger charge is -2.26. The number of rotatable bonds is 3. The number of hydrogen-bond donors (Lipinski definition) is 1. The minimum absolute atomic E-state index is 0.108. The zero-order valence-corrected chi connectivity index (χ0v) is 11.3. The van der Waals surface area contributed by atoms with Gasteiger partial charge in [0.1, 0.15) is 0 Å². The third-order valence-electron chi connectivity index (χ3n) is 3.76. The van der Waals surface area contributed by atoms with Gasteiger partial charge in [-0.25, -0.2) is 0 Å². The molecule has 0 bridgehead atoms. The van der Waals surface area contributed by atoms with Crippen LogP contribution in [-0.2, 0) is 0 Å². The van der Waals surface area contributed by atoms with Crippen molar-refractivity contribution in [3.8, 4) is 0 Å². The van der Waals surface area contributed by atoms with E-state index in [0.717, 1.165) is 37.8 Å². The van der Waals surface area contributed by atoms with Crippen molar-refractivity contribution >= 4 is 11.6 Å². The van der Waals surface area contributed by atoms with Gasteiger partial charge in [-0.1, -0.05) is 6.92 Å². The largest absolute Gasteiger partial charge is 0.349 e. The van der Waals surface area contributed by atoms with Crippen LogP contribution in [0.1, 0.15) is 43.0 Å². The molecule has 0 aromatic heterocycles. The van der Waals surface area contributed by atoms with Crippen LogP contribution in [0.3, 0.4) is 0 Å². The Labute approximate surface area is 116 Å². The predicted molar refractivity (Wildman–Crippen MR) is 71.9 cm³/mol. The molecule has 1 fully saturated rings. The second kappa shape index (κ2) is 5.98. The molecule has 0 saturated heterocycles. The first-order chi connectivity index (χ1) is 9.47. The minimum Gasteiger partial charge on any atom is -0.349 e. The summed E-state index contributed by atoms with van der Waals surface area (Å²) in [5.74, 6) is -0.682. The molecule has 6 heteroatoms. The number of nitrogens with one attached hydrogen (secondary N) is 1. The highest BCUT2D eigenvalue weighted by Crippen LogP contribution is 2.24. The molecule has 1 amide bonds. The monoisotopic (exact) mass is 280 g/mol. The number of benzene rings is 1. The highest BCUT2D eigenvalue weighted by molar-refractivity contribution is 5.94. The van der Waals surface area contributed by atoms with Crippen molar-refractivity contribution in [3.05, 3.63) is 39.7 Å². The molecule has 1 aromatic carbocycles. The lowest BCUT2D eigenvalue weighted by molar-refractivity contribution is -0.387. The van der Waals surface area contributed by atoms with E-state index in [2.05, 4.69) is 12.2 Å². The van der Waals surface area contributed by atoms with Crippen LogP contribution in [0.15, 0.2) is 18.2 Å². The third kappa shape index (κ3) is 3.31. The molecule has 0 radical (unpaired) electrons.